The zero-order valence-electron chi connectivity index (χ0n) is 20.0. The lowest BCUT2D eigenvalue weighted by Gasteiger charge is -2.25. The summed E-state index contributed by atoms with van der Waals surface area (Å²) in [5, 5.41) is 33.8. The molecule has 0 heterocycles. The predicted molar refractivity (Wildman–Crippen MR) is 126 cm³/mol. The lowest BCUT2D eigenvalue weighted by atomic mass is 10.0. The Morgan fingerprint density at radius 3 is 1.72 bits per heavy atom. The van der Waals surface area contributed by atoms with E-state index in [4.69, 9.17) is 15.9 Å². The Morgan fingerprint density at radius 1 is 0.750 bits per heavy atom. The summed E-state index contributed by atoms with van der Waals surface area (Å²) in [4.78, 5) is 71.7. The van der Waals surface area contributed by atoms with E-state index < -0.39 is 72.6 Å². The van der Waals surface area contributed by atoms with Crippen LogP contribution < -0.4 is 21.7 Å². The van der Waals surface area contributed by atoms with Gasteiger partial charge in [0.25, 0.3) is 0 Å². The summed E-state index contributed by atoms with van der Waals surface area (Å²) in [6, 6.07) is 2.83. The number of aliphatic carboxylic acids is 3. The molecule has 198 valence electrons. The fourth-order valence-electron chi connectivity index (χ4n) is 3.26. The highest BCUT2D eigenvalue weighted by Gasteiger charge is 2.32. The Hall–Kier alpha value is -4.00. The van der Waals surface area contributed by atoms with Crippen molar-refractivity contribution in [2.75, 3.05) is 0 Å². The highest BCUT2D eigenvalue weighted by Crippen LogP contribution is 2.08. The molecule has 4 atom stereocenters. The predicted octanol–water partition coefficient (Wildman–Crippen LogP) is -0.909. The summed E-state index contributed by atoms with van der Waals surface area (Å²) in [6.07, 6.45) is -1.55. The van der Waals surface area contributed by atoms with Crippen LogP contribution in [0, 0.1) is 5.92 Å². The molecule has 0 saturated carbocycles. The third kappa shape index (κ3) is 11.0. The number of carbonyl (C=O) groups is 6. The van der Waals surface area contributed by atoms with Gasteiger partial charge in [0.1, 0.15) is 18.1 Å². The van der Waals surface area contributed by atoms with Gasteiger partial charge in [0.15, 0.2) is 0 Å². The first-order valence-corrected chi connectivity index (χ1v) is 11.2. The van der Waals surface area contributed by atoms with Crippen LogP contribution in [0.3, 0.4) is 0 Å². The SMILES string of the molecule is CC(C)CC(N)C(=O)NC(Cc1ccccc1)C(=O)NC(CC(=O)O)C(=O)NC(CC(=O)O)C(=O)O. The molecule has 0 saturated heterocycles. The molecule has 8 N–H and O–H groups in total. The van der Waals surface area contributed by atoms with Crippen LogP contribution in [-0.4, -0.2) is 75.1 Å². The number of nitrogens with two attached hydrogens (primary N) is 1. The molecule has 3 amide bonds. The van der Waals surface area contributed by atoms with Gasteiger partial charge in [0, 0.05) is 6.42 Å². The first kappa shape index (κ1) is 30.0. The number of carboxylic acids is 3. The minimum atomic E-state index is -1.85. The van der Waals surface area contributed by atoms with Crippen molar-refractivity contribution in [1.82, 2.24) is 16.0 Å². The standard InChI is InChI=1S/C23H32N4O9/c1-12(2)8-14(24)20(32)25-15(9-13-6-4-3-5-7-13)21(33)26-16(10-18(28)29)22(34)27-17(23(35)36)11-19(30)31/h3-7,12,14-17H,8-11,24H2,1-2H3,(H,25,32)(H,26,33)(H,27,34)(H,28,29)(H,30,31)(H,35,36). The van der Waals surface area contributed by atoms with Crippen molar-refractivity contribution in [3.63, 3.8) is 0 Å². The lowest BCUT2D eigenvalue weighted by molar-refractivity contribution is -0.148. The molecule has 36 heavy (non-hydrogen) atoms. The molecule has 0 aliphatic heterocycles. The second-order valence-electron chi connectivity index (χ2n) is 8.64. The van der Waals surface area contributed by atoms with E-state index in [1.807, 2.05) is 19.2 Å². The molecule has 0 aliphatic rings. The van der Waals surface area contributed by atoms with Crippen molar-refractivity contribution in [3.8, 4) is 0 Å². The average Bonchev–Trinajstić information content (AvgIpc) is 2.77. The summed E-state index contributed by atoms with van der Waals surface area (Å²) in [5.74, 6) is -7.28. The summed E-state index contributed by atoms with van der Waals surface area (Å²) >= 11 is 0. The maximum absolute atomic E-state index is 13.1. The third-order valence-electron chi connectivity index (χ3n) is 4.98. The monoisotopic (exact) mass is 508 g/mol. The molecule has 4 unspecified atom stereocenters. The topological polar surface area (TPSA) is 225 Å². The smallest absolute Gasteiger partial charge is 0.326 e. The van der Waals surface area contributed by atoms with Gasteiger partial charge >= 0.3 is 17.9 Å². The molecule has 0 spiro atoms. The fourth-order valence-corrected chi connectivity index (χ4v) is 3.26. The summed E-state index contributed by atoms with van der Waals surface area (Å²) in [6.45, 7) is 3.73. The molecule has 0 radical (unpaired) electrons. The van der Waals surface area contributed by atoms with Gasteiger partial charge in [0.05, 0.1) is 18.9 Å². The molecule has 1 aromatic rings. The van der Waals surface area contributed by atoms with Crippen molar-refractivity contribution in [2.24, 2.45) is 11.7 Å². The summed E-state index contributed by atoms with van der Waals surface area (Å²) in [5.41, 5.74) is 6.56. The molecular weight excluding hydrogens is 476 g/mol. The van der Waals surface area contributed by atoms with E-state index in [0.29, 0.717) is 12.0 Å². The molecule has 0 bridgehead atoms. The van der Waals surface area contributed by atoms with E-state index in [9.17, 15) is 33.9 Å². The summed E-state index contributed by atoms with van der Waals surface area (Å²) in [7, 11) is 0. The number of carboxylic acid groups (broad SMARTS) is 3. The number of carbonyl (C=O) groups excluding carboxylic acids is 3. The van der Waals surface area contributed by atoms with Crippen LogP contribution in [0.25, 0.3) is 0 Å². The summed E-state index contributed by atoms with van der Waals surface area (Å²) < 4.78 is 0. The van der Waals surface area contributed by atoms with Gasteiger partial charge in [-0.1, -0.05) is 44.2 Å². The quantitative estimate of drug-likeness (QED) is 0.154. The first-order valence-electron chi connectivity index (χ1n) is 11.2. The minimum Gasteiger partial charge on any atom is -0.481 e. The second kappa shape index (κ2) is 14.4. The van der Waals surface area contributed by atoms with Gasteiger partial charge in [-0.05, 0) is 17.9 Å². The van der Waals surface area contributed by atoms with Crippen LogP contribution in [0.4, 0.5) is 0 Å². The first-order chi connectivity index (χ1) is 16.8. The van der Waals surface area contributed by atoms with Gasteiger partial charge < -0.3 is 37.0 Å². The van der Waals surface area contributed by atoms with Gasteiger partial charge in [0.2, 0.25) is 17.7 Å². The van der Waals surface area contributed by atoms with Gasteiger partial charge in [-0.3, -0.25) is 24.0 Å². The maximum atomic E-state index is 13.1. The number of amides is 3. The van der Waals surface area contributed by atoms with Crippen LogP contribution in [0.1, 0.15) is 38.7 Å². The molecule has 13 nitrogen and oxygen atoms in total. The van der Waals surface area contributed by atoms with E-state index in [2.05, 4.69) is 10.6 Å². The molecule has 1 rings (SSSR count). The Bertz CT molecular complexity index is 952. The molecular formula is C23H32N4O9. The zero-order valence-corrected chi connectivity index (χ0v) is 20.0. The van der Waals surface area contributed by atoms with E-state index in [1.165, 1.54) is 0 Å². The van der Waals surface area contributed by atoms with Gasteiger partial charge in [-0.15, -0.1) is 0 Å². The molecule has 0 aromatic heterocycles. The molecule has 0 fully saturated rings. The van der Waals surface area contributed by atoms with Crippen LogP contribution in [0.5, 0.6) is 0 Å². The number of hydrogen-bond acceptors (Lipinski definition) is 7. The van der Waals surface area contributed by atoms with Crippen LogP contribution in [0.15, 0.2) is 30.3 Å². The fraction of sp³-hybridized carbons (Fsp3) is 0.478. The zero-order chi connectivity index (χ0) is 27.4. The van der Waals surface area contributed by atoms with Crippen molar-refractivity contribution in [1.29, 1.82) is 0 Å². The highest BCUT2D eigenvalue weighted by molar-refractivity contribution is 5.96. The lowest BCUT2D eigenvalue weighted by Crippen LogP contribution is -2.58. The average molecular weight is 509 g/mol. The Balaban J connectivity index is 3.12. The van der Waals surface area contributed by atoms with E-state index in [1.54, 1.807) is 30.3 Å². The van der Waals surface area contributed by atoms with Gasteiger partial charge in [-0.2, -0.15) is 0 Å². The molecule has 1 aromatic carbocycles. The van der Waals surface area contributed by atoms with Crippen molar-refractivity contribution >= 4 is 35.6 Å². The second-order valence-corrected chi connectivity index (χ2v) is 8.64. The van der Waals surface area contributed by atoms with Crippen LogP contribution in [-0.2, 0) is 35.2 Å². The Morgan fingerprint density at radius 2 is 1.22 bits per heavy atom. The highest BCUT2D eigenvalue weighted by atomic mass is 16.4. The van der Waals surface area contributed by atoms with Crippen molar-refractivity contribution in [2.45, 2.75) is 63.7 Å². The molecule has 13 heteroatoms. The van der Waals surface area contributed by atoms with Crippen molar-refractivity contribution in [3.05, 3.63) is 35.9 Å². The Labute approximate surface area is 207 Å². The Kier molecular flexibility index (Phi) is 12.0. The number of benzene rings is 1. The maximum Gasteiger partial charge on any atom is 0.326 e. The third-order valence-corrected chi connectivity index (χ3v) is 4.98. The molecule has 0 aliphatic carbocycles. The van der Waals surface area contributed by atoms with E-state index in [0.717, 1.165) is 0 Å². The normalized spacial score (nSPS) is 14.1. The van der Waals surface area contributed by atoms with E-state index in [-0.39, 0.29) is 12.3 Å². The number of hydrogen-bond donors (Lipinski definition) is 7. The van der Waals surface area contributed by atoms with Gasteiger partial charge in [-0.25, -0.2) is 4.79 Å². The number of rotatable bonds is 15. The van der Waals surface area contributed by atoms with E-state index >= 15 is 0 Å². The largest absolute Gasteiger partial charge is 0.481 e. The van der Waals surface area contributed by atoms with Crippen molar-refractivity contribution < 1.29 is 44.1 Å². The minimum absolute atomic E-state index is 0.00894. The van der Waals surface area contributed by atoms with Crippen LogP contribution >= 0.6 is 0 Å². The van der Waals surface area contributed by atoms with Crippen LogP contribution in [0.2, 0.25) is 0 Å². The number of nitrogens with one attached hydrogen (secondary N) is 3.